The van der Waals surface area contributed by atoms with Crippen LogP contribution in [0.15, 0.2) is 64.4 Å². The Balaban J connectivity index is 3.09. The number of allylic oxidation sites excluding steroid dienone is 6. The molecule has 1 unspecified atom stereocenters. The predicted octanol–water partition coefficient (Wildman–Crippen LogP) is 6.25. The molecule has 1 aliphatic rings. The minimum Gasteiger partial charge on any atom is -0.362 e. The summed E-state index contributed by atoms with van der Waals surface area (Å²) >= 11 is 0. The Morgan fingerprint density at radius 2 is 1.96 bits per heavy atom. The smallest absolute Gasteiger partial charge is 0.0665 e. The second-order valence-electron chi connectivity index (χ2n) is 6.29. The average molecular weight is 341 g/mol. The van der Waals surface area contributed by atoms with E-state index in [0.29, 0.717) is 0 Å². The molecule has 25 heavy (non-hydrogen) atoms. The van der Waals surface area contributed by atoms with Crippen molar-refractivity contribution in [2.45, 2.75) is 66.3 Å². The van der Waals surface area contributed by atoms with Crippen LogP contribution >= 0.6 is 0 Å². The van der Waals surface area contributed by atoms with Gasteiger partial charge < -0.3 is 4.90 Å². The summed E-state index contributed by atoms with van der Waals surface area (Å²) < 4.78 is 0. The highest BCUT2D eigenvalue weighted by Gasteiger charge is 2.18. The van der Waals surface area contributed by atoms with Crippen molar-refractivity contribution in [3.8, 4) is 0 Å². The first kappa shape index (κ1) is 21.2. The van der Waals surface area contributed by atoms with Crippen molar-refractivity contribution >= 4 is 6.21 Å². The van der Waals surface area contributed by atoms with Gasteiger partial charge in [-0.15, -0.1) is 0 Å². The van der Waals surface area contributed by atoms with Gasteiger partial charge >= 0.3 is 0 Å². The Bertz CT molecular complexity index is 573. The van der Waals surface area contributed by atoms with E-state index in [-0.39, 0.29) is 6.04 Å². The van der Waals surface area contributed by atoms with E-state index in [4.69, 9.17) is 0 Å². The zero-order valence-electron chi connectivity index (χ0n) is 16.9. The average Bonchev–Trinajstić information content (AvgIpc) is 2.82. The van der Waals surface area contributed by atoms with E-state index in [1.165, 1.54) is 23.1 Å². The first-order valence-electron chi connectivity index (χ1n) is 9.85. The molecular weight excluding hydrogens is 304 g/mol. The van der Waals surface area contributed by atoms with E-state index in [1.54, 1.807) is 0 Å². The van der Waals surface area contributed by atoms with E-state index < -0.39 is 0 Å². The topological polar surface area (TPSA) is 15.6 Å². The van der Waals surface area contributed by atoms with Crippen molar-refractivity contribution < 1.29 is 0 Å². The van der Waals surface area contributed by atoms with Crippen LogP contribution < -0.4 is 0 Å². The van der Waals surface area contributed by atoms with Gasteiger partial charge in [0.25, 0.3) is 0 Å². The van der Waals surface area contributed by atoms with Gasteiger partial charge in [-0.3, -0.25) is 4.99 Å². The maximum absolute atomic E-state index is 4.40. The van der Waals surface area contributed by atoms with Gasteiger partial charge in [0.2, 0.25) is 0 Å². The van der Waals surface area contributed by atoms with Crippen molar-refractivity contribution in [3.63, 3.8) is 0 Å². The Kier molecular flexibility index (Phi) is 9.91. The van der Waals surface area contributed by atoms with Crippen LogP contribution in [0.3, 0.4) is 0 Å². The number of rotatable bonds is 10. The lowest BCUT2D eigenvalue weighted by molar-refractivity contribution is 0.351. The van der Waals surface area contributed by atoms with Gasteiger partial charge in [-0.1, -0.05) is 58.1 Å². The highest BCUT2D eigenvalue weighted by molar-refractivity contribution is 5.73. The molecule has 0 spiro atoms. The molecule has 0 fully saturated rings. The van der Waals surface area contributed by atoms with Gasteiger partial charge in [0.1, 0.15) is 0 Å². The summed E-state index contributed by atoms with van der Waals surface area (Å²) in [7, 11) is 0. The summed E-state index contributed by atoms with van der Waals surface area (Å²) in [6, 6.07) is 0.260. The van der Waals surface area contributed by atoms with Crippen LogP contribution in [0.5, 0.6) is 0 Å². The van der Waals surface area contributed by atoms with Crippen LogP contribution in [0.1, 0.15) is 60.3 Å². The van der Waals surface area contributed by atoms with E-state index in [2.05, 4.69) is 81.5 Å². The van der Waals surface area contributed by atoms with Crippen molar-refractivity contribution in [1.82, 2.24) is 4.90 Å². The summed E-state index contributed by atoms with van der Waals surface area (Å²) in [6.45, 7) is 17.1. The summed E-state index contributed by atoms with van der Waals surface area (Å²) in [5.74, 6) is 0. The van der Waals surface area contributed by atoms with Crippen LogP contribution in [-0.4, -0.2) is 30.2 Å². The minimum atomic E-state index is 0.260. The highest BCUT2D eigenvalue weighted by Crippen LogP contribution is 2.27. The first-order valence-corrected chi connectivity index (χ1v) is 9.85. The molecule has 1 atom stereocenters. The zero-order valence-corrected chi connectivity index (χ0v) is 16.9. The lowest BCUT2D eigenvalue weighted by Gasteiger charge is -2.32. The fourth-order valence-corrected chi connectivity index (χ4v) is 3.25. The molecular formula is C23H36N2. The third kappa shape index (κ3) is 6.19. The van der Waals surface area contributed by atoms with Gasteiger partial charge in [-0.2, -0.15) is 0 Å². The van der Waals surface area contributed by atoms with Crippen LogP contribution in [0.4, 0.5) is 0 Å². The van der Waals surface area contributed by atoms with E-state index in [9.17, 15) is 0 Å². The molecule has 0 radical (unpaired) electrons. The van der Waals surface area contributed by atoms with Gasteiger partial charge in [-0.05, 0) is 55.9 Å². The molecule has 2 heteroatoms. The van der Waals surface area contributed by atoms with Crippen molar-refractivity contribution in [1.29, 1.82) is 0 Å². The van der Waals surface area contributed by atoms with Crippen molar-refractivity contribution in [3.05, 3.63) is 59.4 Å². The summed E-state index contributed by atoms with van der Waals surface area (Å²) in [5, 5.41) is 0. The summed E-state index contributed by atoms with van der Waals surface area (Å²) in [4.78, 5) is 6.71. The molecule has 1 rings (SSSR count). The molecule has 0 aromatic heterocycles. The molecule has 0 saturated heterocycles. The Morgan fingerprint density at radius 1 is 1.20 bits per heavy atom. The monoisotopic (exact) mass is 340 g/mol. The zero-order chi connectivity index (χ0) is 18.7. The lowest BCUT2D eigenvalue weighted by Crippen LogP contribution is -2.32. The number of nitrogens with zero attached hydrogens (tertiary/aromatic N) is 2. The second kappa shape index (κ2) is 11.7. The highest BCUT2D eigenvalue weighted by atomic mass is 15.2. The molecule has 0 bridgehead atoms. The fourth-order valence-electron chi connectivity index (χ4n) is 3.25. The van der Waals surface area contributed by atoms with Gasteiger partial charge in [0, 0.05) is 25.0 Å². The molecule has 0 aromatic rings. The standard InChI is InChI=1S/C23H36N2/c1-7-13-22-14-12-15-23(18-21(22)9-3)25(11-5)19(6)20(8-2)16-17-24-10-4/h12,14-18,23H,6-11,13H2,1-5H3/b20-16+,24-17?. The first-order chi connectivity index (χ1) is 12.1. The predicted molar refractivity (Wildman–Crippen MR) is 113 cm³/mol. The number of likely N-dealkylation sites (N-methyl/N-ethyl adjacent to an activating group) is 1. The van der Waals surface area contributed by atoms with Gasteiger partial charge in [-0.25, -0.2) is 0 Å². The van der Waals surface area contributed by atoms with Crippen LogP contribution in [0.25, 0.3) is 0 Å². The maximum atomic E-state index is 4.40. The van der Waals surface area contributed by atoms with Gasteiger partial charge in [0.15, 0.2) is 0 Å². The third-order valence-electron chi connectivity index (χ3n) is 4.65. The summed E-state index contributed by atoms with van der Waals surface area (Å²) in [5.41, 5.74) is 5.31. The number of hydrogen-bond acceptors (Lipinski definition) is 2. The SMILES string of the molecule is C=C(/C(=C/C=NCC)CC)N(CC)C1C=CC=C(CCC)C(CC)=C1. The van der Waals surface area contributed by atoms with Crippen molar-refractivity contribution in [2.24, 2.45) is 4.99 Å². The molecule has 0 heterocycles. The molecule has 0 saturated carbocycles. The molecule has 0 aliphatic heterocycles. The molecule has 1 aliphatic carbocycles. The fraction of sp³-hybridized carbons (Fsp3) is 0.522. The largest absolute Gasteiger partial charge is 0.362 e. The quantitative estimate of drug-likeness (QED) is 0.339. The number of aliphatic imine (C=N–C) groups is 1. The van der Waals surface area contributed by atoms with Crippen LogP contribution in [0.2, 0.25) is 0 Å². The lowest BCUT2D eigenvalue weighted by atomic mass is 9.97. The molecule has 0 N–H and O–H groups in total. The van der Waals surface area contributed by atoms with Crippen LogP contribution in [0, 0.1) is 0 Å². The normalized spacial score (nSPS) is 18.1. The Morgan fingerprint density at radius 3 is 2.52 bits per heavy atom. The van der Waals surface area contributed by atoms with E-state index in [0.717, 1.165) is 38.0 Å². The molecule has 138 valence electrons. The minimum absolute atomic E-state index is 0.260. The Hall–Kier alpha value is -1.83. The van der Waals surface area contributed by atoms with E-state index >= 15 is 0 Å². The van der Waals surface area contributed by atoms with Crippen LogP contribution in [-0.2, 0) is 0 Å². The van der Waals surface area contributed by atoms with Crippen molar-refractivity contribution in [2.75, 3.05) is 13.1 Å². The van der Waals surface area contributed by atoms with Gasteiger partial charge in [0.05, 0.1) is 6.04 Å². The molecule has 0 aromatic carbocycles. The maximum Gasteiger partial charge on any atom is 0.0665 e. The number of hydrogen-bond donors (Lipinski definition) is 0. The second-order valence-corrected chi connectivity index (χ2v) is 6.29. The summed E-state index contributed by atoms with van der Waals surface area (Å²) in [6.07, 6.45) is 17.6. The Labute approximate surface area is 155 Å². The third-order valence-corrected chi connectivity index (χ3v) is 4.65. The molecule has 0 amide bonds. The van der Waals surface area contributed by atoms with E-state index in [1.807, 2.05) is 6.21 Å². The molecule has 2 nitrogen and oxygen atoms in total.